The molecular weight excluding hydrogens is 198 g/mol. The van der Waals surface area contributed by atoms with Crippen molar-refractivity contribution in [2.75, 3.05) is 11.4 Å². The van der Waals surface area contributed by atoms with Crippen LogP contribution in [0.1, 0.15) is 31.7 Å². The maximum atomic E-state index is 6.08. The van der Waals surface area contributed by atoms with Gasteiger partial charge in [0.2, 0.25) is 0 Å². The molecule has 2 rings (SSSR count). The Morgan fingerprint density at radius 3 is 3.00 bits per heavy atom. The number of pyridine rings is 1. The van der Waals surface area contributed by atoms with Crippen LogP contribution in [-0.4, -0.2) is 23.6 Å². The average Bonchev–Trinajstić information content (AvgIpc) is 2.29. The number of nitrogens with two attached hydrogens (primary N) is 1. The highest BCUT2D eigenvalue weighted by Crippen LogP contribution is 2.26. The minimum atomic E-state index is 0.210. The van der Waals surface area contributed by atoms with Gasteiger partial charge < -0.3 is 10.6 Å². The fourth-order valence-electron chi connectivity index (χ4n) is 2.55. The first-order valence-corrected chi connectivity index (χ1v) is 6.14. The van der Waals surface area contributed by atoms with E-state index in [2.05, 4.69) is 29.8 Å². The molecule has 0 bridgehead atoms. The SMILES string of the molecule is Cc1cccnc1N1CCCCC1C(C)N. The van der Waals surface area contributed by atoms with Crippen LogP contribution < -0.4 is 10.6 Å². The molecule has 0 aliphatic carbocycles. The van der Waals surface area contributed by atoms with Gasteiger partial charge in [0.15, 0.2) is 0 Å². The van der Waals surface area contributed by atoms with Crippen molar-refractivity contribution in [2.24, 2.45) is 5.73 Å². The molecule has 1 aromatic heterocycles. The molecule has 1 fully saturated rings. The van der Waals surface area contributed by atoms with Gasteiger partial charge in [-0.05, 0) is 44.7 Å². The predicted molar refractivity (Wildman–Crippen MR) is 67.6 cm³/mol. The van der Waals surface area contributed by atoms with Crippen molar-refractivity contribution in [1.29, 1.82) is 0 Å². The Bertz CT molecular complexity index is 349. The molecule has 1 saturated heterocycles. The molecular formula is C13H21N3. The first kappa shape index (κ1) is 11.4. The summed E-state index contributed by atoms with van der Waals surface area (Å²) >= 11 is 0. The zero-order chi connectivity index (χ0) is 11.5. The summed E-state index contributed by atoms with van der Waals surface area (Å²) in [6, 6.07) is 4.77. The van der Waals surface area contributed by atoms with E-state index in [0.717, 1.165) is 12.4 Å². The van der Waals surface area contributed by atoms with Crippen LogP contribution in [0, 0.1) is 6.92 Å². The molecule has 0 saturated carbocycles. The highest BCUT2D eigenvalue weighted by atomic mass is 15.2. The molecule has 0 radical (unpaired) electrons. The standard InChI is InChI=1S/C13H21N3/c1-10-6-5-8-15-13(10)16-9-4-3-7-12(16)11(2)14/h5-6,8,11-12H,3-4,7,9,14H2,1-2H3. The molecule has 16 heavy (non-hydrogen) atoms. The van der Waals surface area contributed by atoms with Gasteiger partial charge >= 0.3 is 0 Å². The molecule has 3 heteroatoms. The Kier molecular flexibility index (Phi) is 3.44. The number of anilines is 1. The second-order valence-corrected chi connectivity index (χ2v) is 4.76. The molecule has 0 spiro atoms. The maximum Gasteiger partial charge on any atom is 0.131 e. The first-order valence-electron chi connectivity index (χ1n) is 6.14. The number of rotatable bonds is 2. The van der Waals surface area contributed by atoms with Gasteiger partial charge in [-0.15, -0.1) is 0 Å². The van der Waals surface area contributed by atoms with Crippen LogP contribution in [-0.2, 0) is 0 Å². The summed E-state index contributed by atoms with van der Waals surface area (Å²) in [5.74, 6) is 1.12. The second kappa shape index (κ2) is 4.83. The van der Waals surface area contributed by atoms with Gasteiger partial charge in [0.1, 0.15) is 5.82 Å². The first-order chi connectivity index (χ1) is 7.70. The number of aromatic nitrogens is 1. The summed E-state index contributed by atoms with van der Waals surface area (Å²) in [4.78, 5) is 6.90. The van der Waals surface area contributed by atoms with Crippen LogP contribution in [0.2, 0.25) is 0 Å². The Hall–Kier alpha value is -1.09. The van der Waals surface area contributed by atoms with E-state index in [0.29, 0.717) is 6.04 Å². The molecule has 3 nitrogen and oxygen atoms in total. The zero-order valence-corrected chi connectivity index (χ0v) is 10.2. The highest BCUT2D eigenvalue weighted by Gasteiger charge is 2.26. The number of nitrogens with zero attached hydrogens (tertiary/aromatic N) is 2. The Morgan fingerprint density at radius 1 is 1.50 bits per heavy atom. The van der Waals surface area contributed by atoms with E-state index in [1.165, 1.54) is 24.8 Å². The van der Waals surface area contributed by atoms with Crippen molar-refractivity contribution in [2.45, 2.75) is 45.2 Å². The van der Waals surface area contributed by atoms with Crippen molar-refractivity contribution in [1.82, 2.24) is 4.98 Å². The van der Waals surface area contributed by atoms with Crippen LogP contribution in [0.15, 0.2) is 18.3 Å². The van der Waals surface area contributed by atoms with Crippen molar-refractivity contribution in [3.05, 3.63) is 23.9 Å². The summed E-state index contributed by atoms with van der Waals surface area (Å²) in [5.41, 5.74) is 7.32. The Morgan fingerprint density at radius 2 is 2.31 bits per heavy atom. The maximum absolute atomic E-state index is 6.08. The fraction of sp³-hybridized carbons (Fsp3) is 0.615. The molecule has 1 aliphatic rings. The molecule has 1 aliphatic heterocycles. The van der Waals surface area contributed by atoms with Crippen LogP contribution in [0.3, 0.4) is 0 Å². The van der Waals surface area contributed by atoms with Crippen molar-refractivity contribution in [3.8, 4) is 0 Å². The minimum absolute atomic E-state index is 0.210. The van der Waals surface area contributed by atoms with E-state index in [9.17, 15) is 0 Å². The average molecular weight is 219 g/mol. The fourth-order valence-corrected chi connectivity index (χ4v) is 2.55. The number of aryl methyl sites for hydroxylation is 1. The quantitative estimate of drug-likeness (QED) is 0.828. The Labute approximate surface area is 97.7 Å². The molecule has 2 unspecified atom stereocenters. The van der Waals surface area contributed by atoms with Crippen molar-refractivity contribution in [3.63, 3.8) is 0 Å². The summed E-state index contributed by atoms with van der Waals surface area (Å²) < 4.78 is 0. The predicted octanol–water partition coefficient (Wildman–Crippen LogP) is 2.10. The lowest BCUT2D eigenvalue weighted by atomic mass is 9.96. The molecule has 1 aromatic rings. The number of piperidine rings is 1. The monoisotopic (exact) mass is 219 g/mol. The highest BCUT2D eigenvalue weighted by molar-refractivity contribution is 5.47. The van der Waals surface area contributed by atoms with E-state index in [1.807, 2.05) is 12.3 Å². The Balaban J connectivity index is 2.27. The summed E-state index contributed by atoms with van der Waals surface area (Å²) in [6.45, 7) is 5.31. The normalized spacial score (nSPS) is 23.2. The van der Waals surface area contributed by atoms with Crippen molar-refractivity contribution < 1.29 is 0 Å². The molecule has 2 N–H and O–H groups in total. The van der Waals surface area contributed by atoms with Crippen LogP contribution >= 0.6 is 0 Å². The summed E-state index contributed by atoms with van der Waals surface area (Å²) in [5, 5.41) is 0. The smallest absolute Gasteiger partial charge is 0.131 e. The van der Waals surface area contributed by atoms with Crippen LogP contribution in [0.25, 0.3) is 0 Å². The van der Waals surface area contributed by atoms with Gasteiger partial charge in [0, 0.05) is 24.8 Å². The van der Waals surface area contributed by atoms with Crippen molar-refractivity contribution >= 4 is 5.82 Å². The molecule has 88 valence electrons. The van der Waals surface area contributed by atoms with Gasteiger partial charge in [-0.25, -0.2) is 4.98 Å². The third-order valence-corrected chi connectivity index (χ3v) is 3.41. The lowest BCUT2D eigenvalue weighted by Crippen LogP contribution is -2.49. The van der Waals surface area contributed by atoms with Gasteiger partial charge in [0.05, 0.1) is 0 Å². The van der Waals surface area contributed by atoms with Crippen LogP contribution in [0.4, 0.5) is 5.82 Å². The summed E-state index contributed by atoms with van der Waals surface area (Å²) in [7, 11) is 0. The number of hydrogen-bond acceptors (Lipinski definition) is 3. The second-order valence-electron chi connectivity index (χ2n) is 4.76. The van der Waals surface area contributed by atoms with Gasteiger partial charge in [-0.3, -0.25) is 0 Å². The lowest BCUT2D eigenvalue weighted by Gasteiger charge is -2.39. The number of hydrogen-bond donors (Lipinski definition) is 1. The van der Waals surface area contributed by atoms with E-state index in [1.54, 1.807) is 0 Å². The largest absolute Gasteiger partial charge is 0.352 e. The topological polar surface area (TPSA) is 42.2 Å². The van der Waals surface area contributed by atoms with Gasteiger partial charge in [-0.1, -0.05) is 6.07 Å². The van der Waals surface area contributed by atoms with E-state index in [-0.39, 0.29) is 6.04 Å². The lowest BCUT2D eigenvalue weighted by molar-refractivity contribution is 0.410. The zero-order valence-electron chi connectivity index (χ0n) is 10.2. The van der Waals surface area contributed by atoms with E-state index >= 15 is 0 Å². The minimum Gasteiger partial charge on any atom is -0.352 e. The van der Waals surface area contributed by atoms with E-state index < -0.39 is 0 Å². The third-order valence-electron chi connectivity index (χ3n) is 3.41. The summed E-state index contributed by atoms with van der Waals surface area (Å²) in [6.07, 6.45) is 5.59. The molecule has 2 atom stereocenters. The van der Waals surface area contributed by atoms with Gasteiger partial charge in [0.25, 0.3) is 0 Å². The molecule has 2 heterocycles. The van der Waals surface area contributed by atoms with Gasteiger partial charge in [-0.2, -0.15) is 0 Å². The molecule has 0 aromatic carbocycles. The third kappa shape index (κ3) is 2.19. The van der Waals surface area contributed by atoms with E-state index in [4.69, 9.17) is 5.73 Å². The van der Waals surface area contributed by atoms with Crippen LogP contribution in [0.5, 0.6) is 0 Å². The molecule has 0 amide bonds.